The number of amides is 1. The van der Waals surface area contributed by atoms with E-state index in [2.05, 4.69) is 25.5 Å². The van der Waals surface area contributed by atoms with Gasteiger partial charge in [0.05, 0.1) is 11.8 Å². The Morgan fingerprint density at radius 2 is 2.20 bits per heavy atom. The van der Waals surface area contributed by atoms with Crippen LogP contribution in [0.4, 0.5) is 4.39 Å². The van der Waals surface area contributed by atoms with Crippen LogP contribution in [0.15, 0.2) is 39.9 Å². The van der Waals surface area contributed by atoms with Crippen LogP contribution in [0.25, 0.3) is 23.0 Å². The van der Waals surface area contributed by atoms with Crippen molar-refractivity contribution in [1.29, 1.82) is 0 Å². The molecule has 3 heterocycles. The molecule has 25 heavy (non-hydrogen) atoms. The zero-order valence-corrected chi connectivity index (χ0v) is 13.1. The first kappa shape index (κ1) is 16.4. The van der Waals surface area contributed by atoms with Crippen LogP contribution in [0.2, 0.25) is 0 Å². The van der Waals surface area contributed by atoms with Gasteiger partial charge in [0.15, 0.2) is 0 Å². The third-order valence-corrected chi connectivity index (χ3v) is 3.14. The Morgan fingerprint density at radius 1 is 1.36 bits per heavy atom. The Bertz CT molecular complexity index is 968. The van der Waals surface area contributed by atoms with Gasteiger partial charge in [0, 0.05) is 18.8 Å². The highest BCUT2D eigenvalue weighted by atomic mass is 19.1. The number of pyridine rings is 1. The number of hydrogen-bond donors (Lipinski definition) is 1. The molecule has 0 aliphatic rings. The van der Waals surface area contributed by atoms with Crippen molar-refractivity contribution in [1.82, 2.24) is 30.2 Å². The summed E-state index contributed by atoms with van der Waals surface area (Å²) in [5, 5.41) is 10.4. The zero-order chi connectivity index (χ0) is 17.8. The van der Waals surface area contributed by atoms with Crippen LogP contribution in [0.3, 0.4) is 0 Å². The molecule has 128 valence electrons. The maximum absolute atomic E-state index is 13.2. The first-order valence-electron chi connectivity index (χ1n) is 7.36. The minimum absolute atomic E-state index is 0.0604. The summed E-state index contributed by atoms with van der Waals surface area (Å²) in [5.74, 6) is -0.714. The summed E-state index contributed by atoms with van der Waals surface area (Å²) in [5.41, 5.74) is 0.116. The van der Waals surface area contributed by atoms with E-state index < -0.39 is 11.4 Å². The van der Waals surface area contributed by atoms with Gasteiger partial charge in [-0.2, -0.15) is 10.1 Å². The van der Waals surface area contributed by atoms with E-state index in [1.807, 2.05) is 0 Å². The first-order valence-corrected chi connectivity index (χ1v) is 7.36. The molecule has 0 aliphatic carbocycles. The standard InChI is InChI=1S/C15H13FN6O3/c1-2-18-12(23)8-22-13(24)4-3-11(20-22)14-19-15(25-21-14)9-5-10(16)7-17-6-9/h3-7H,2,8H2,1H3,(H,18,23). The first-order chi connectivity index (χ1) is 12.1. The molecule has 0 saturated heterocycles. The summed E-state index contributed by atoms with van der Waals surface area (Å²) >= 11 is 0. The summed E-state index contributed by atoms with van der Waals surface area (Å²) in [6, 6.07) is 3.87. The summed E-state index contributed by atoms with van der Waals surface area (Å²) in [6.45, 7) is 1.99. The molecule has 9 nitrogen and oxygen atoms in total. The maximum Gasteiger partial charge on any atom is 0.267 e. The third kappa shape index (κ3) is 3.74. The Morgan fingerprint density at radius 3 is 2.96 bits per heavy atom. The van der Waals surface area contributed by atoms with Gasteiger partial charge in [-0.3, -0.25) is 14.6 Å². The molecule has 0 atom stereocenters. The average Bonchev–Trinajstić information content (AvgIpc) is 3.07. The van der Waals surface area contributed by atoms with Crippen molar-refractivity contribution >= 4 is 5.91 Å². The Hall–Kier alpha value is -3.43. The molecule has 0 saturated carbocycles. The van der Waals surface area contributed by atoms with E-state index in [9.17, 15) is 14.0 Å². The van der Waals surface area contributed by atoms with E-state index in [4.69, 9.17) is 4.52 Å². The molecule has 0 aliphatic heterocycles. The zero-order valence-electron chi connectivity index (χ0n) is 13.1. The van der Waals surface area contributed by atoms with Gasteiger partial charge in [-0.05, 0) is 19.1 Å². The average molecular weight is 344 g/mol. The van der Waals surface area contributed by atoms with Gasteiger partial charge < -0.3 is 9.84 Å². The number of aromatic nitrogens is 5. The highest BCUT2D eigenvalue weighted by Crippen LogP contribution is 2.20. The van der Waals surface area contributed by atoms with Crippen LogP contribution >= 0.6 is 0 Å². The smallest absolute Gasteiger partial charge is 0.267 e. The van der Waals surface area contributed by atoms with Gasteiger partial charge in [-0.1, -0.05) is 5.16 Å². The van der Waals surface area contributed by atoms with Crippen molar-refractivity contribution in [3.05, 3.63) is 46.8 Å². The summed E-state index contributed by atoms with van der Waals surface area (Å²) in [7, 11) is 0. The number of rotatable bonds is 5. The second-order valence-corrected chi connectivity index (χ2v) is 4.98. The van der Waals surface area contributed by atoms with Crippen molar-refractivity contribution in [2.24, 2.45) is 0 Å². The van der Waals surface area contributed by atoms with Crippen molar-refractivity contribution in [2.45, 2.75) is 13.5 Å². The highest BCUT2D eigenvalue weighted by Gasteiger charge is 2.14. The molecule has 0 bridgehead atoms. The molecular formula is C15H13FN6O3. The van der Waals surface area contributed by atoms with Crippen LogP contribution in [0.1, 0.15) is 6.92 Å². The van der Waals surface area contributed by atoms with Crippen LogP contribution in [-0.4, -0.2) is 37.4 Å². The summed E-state index contributed by atoms with van der Waals surface area (Å²) in [6.07, 6.45) is 2.43. The minimum Gasteiger partial charge on any atom is -0.355 e. The monoisotopic (exact) mass is 344 g/mol. The molecule has 0 fully saturated rings. The highest BCUT2D eigenvalue weighted by molar-refractivity contribution is 5.75. The molecule has 0 unspecified atom stereocenters. The minimum atomic E-state index is -0.536. The number of hydrogen-bond acceptors (Lipinski definition) is 7. The van der Waals surface area contributed by atoms with E-state index in [1.54, 1.807) is 6.92 Å². The summed E-state index contributed by atoms with van der Waals surface area (Å²) in [4.78, 5) is 31.3. The lowest BCUT2D eigenvalue weighted by molar-refractivity contribution is -0.121. The molecule has 3 aromatic rings. The third-order valence-electron chi connectivity index (χ3n) is 3.14. The molecule has 1 N–H and O–H groups in total. The lowest BCUT2D eigenvalue weighted by atomic mass is 10.3. The van der Waals surface area contributed by atoms with E-state index in [-0.39, 0.29) is 29.9 Å². The molecule has 3 aromatic heterocycles. The van der Waals surface area contributed by atoms with Gasteiger partial charge in [-0.15, -0.1) is 0 Å². The van der Waals surface area contributed by atoms with Crippen LogP contribution in [-0.2, 0) is 11.3 Å². The second kappa shape index (κ2) is 6.99. The predicted octanol–water partition coefficient (Wildman–Crippen LogP) is 0.630. The lowest BCUT2D eigenvalue weighted by Gasteiger charge is -2.05. The normalized spacial score (nSPS) is 10.6. The van der Waals surface area contributed by atoms with Gasteiger partial charge in [0.2, 0.25) is 11.7 Å². The molecule has 0 radical (unpaired) electrons. The van der Waals surface area contributed by atoms with Gasteiger partial charge >= 0.3 is 0 Å². The molecule has 3 rings (SSSR count). The number of nitrogens with one attached hydrogen (secondary N) is 1. The number of carbonyl (C=O) groups is 1. The topological polar surface area (TPSA) is 116 Å². The molecular weight excluding hydrogens is 331 g/mol. The van der Waals surface area contributed by atoms with Gasteiger partial charge in [0.25, 0.3) is 11.4 Å². The quantitative estimate of drug-likeness (QED) is 0.721. The van der Waals surface area contributed by atoms with Crippen molar-refractivity contribution in [3.8, 4) is 23.0 Å². The van der Waals surface area contributed by atoms with Crippen molar-refractivity contribution in [2.75, 3.05) is 6.54 Å². The summed E-state index contributed by atoms with van der Waals surface area (Å²) < 4.78 is 19.3. The van der Waals surface area contributed by atoms with Gasteiger partial charge in [-0.25, -0.2) is 9.07 Å². The Balaban J connectivity index is 1.90. The fourth-order valence-electron chi connectivity index (χ4n) is 2.04. The Labute approximate surface area is 140 Å². The van der Waals surface area contributed by atoms with Crippen molar-refractivity contribution in [3.63, 3.8) is 0 Å². The van der Waals surface area contributed by atoms with E-state index in [0.717, 1.165) is 10.9 Å². The van der Waals surface area contributed by atoms with Gasteiger partial charge in [0.1, 0.15) is 18.1 Å². The number of halogens is 1. The Kier molecular flexibility index (Phi) is 4.59. The van der Waals surface area contributed by atoms with E-state index in [0.29, 0.717) is 12.1 Å². The number of carbonyl (C=O) groups excluding carboxylic acids is 1. The predicted molar refractivity (Wildman–Crippen MR) is 83.7 cm³/mol. The lowest BCUT2D eigenvalue weighted by Crippen LogP contribution is -2.33. The van der Waals surface area contributed by atoms with Crippen LogP contribution in [0.5, 0.6) is 0 Å². The number of likely N-dealkylation sites (N-methyl/N-ethyl adjacent to an activating group) is 1. The van der Waals surface area contributed by atoms with Crippen molar-refractivity contribution < 1.29 is 13.7 Å². The SMILES string of the molecule is CCNC(=O)Cn1nc(-c2noc(-c3cncc(F)c3)n2)ccc1=O. The molecule has 0 aromatic carbocycles. The fourth-order valence-corrected chi connectivity index (χ4v) is 2.04. The molecule has 1 amide bonds. The van der Waals surface area contributed by atoms with Crippen LogP contribution in [0, 0.1) is 5.82 Å². The fraction of sp³-hybridized carbons (Fsp3) is 0.200. The van der Waals surface area contributed by atoms with Crippen LogP contribution < -0.4 is 10.9 Å². The number of nitrogens with zero attached hydrogens (tertiary/aromatic N) is 5. The van der Waals surface area contributed by atoms with E-state index in [1.165, 1.54) is 24.4 Å². The van der Waals surface area contributed by atoms with E-state index >= 15 is 0 Å². The largest absolute Gasteiger partial charge is 0.355 e. The maximum atomic E-state index is 13.2. The molecule has 0 spiro atoms. The second-order valence-electron chi connectivity index (χ2n) is 4.98. The molecule has 10 heteroatoms.